The first-order valence-electron chi connectivity index (χ1n) is 11.5. The Hall–Kier alpha value is -3.71. The van der Waals surface area contributed by atoms with Crippen LogP contribution in [-0.2, 0) is 4.74 Å². The van der Waals surface area contributed by atoms with Crippen molar-refractivity contribution in [3.63, 3.8) is 0 Å². The van der Waals surface area contributed by atoms with Crippen molar-refractivity contribution >= 4 is 28.0 Å². The van der Waals surface area contributed by atoms with Crippen molar-refractivity contribution in [3.05, 3.63) is 76.5 Å². The molecular weight excluding hydrogens is 426 g/mol. The Morgan fingerprint density at radius 3 is 2.71 bits per heavy atom. The predicted molar refractivity (Wildman–Crippen MR) is 137 cm³/mol. The van der Waals surface area contributed by atoms with Crippen LogP contribution in [0.25, 0.3) is 22.0 Å². The summed E-state index contributed by atoms with van der Waals surface area (Å²) in [5.74, 6) is 0.523. The summed E-state index contributed by atoms with van der Waals surface area (Å²) in [7, 11) is 0. The molecule has 1 aliphatic rings. The van der Waals surface area contributed by atoms with Gasteiger partial charge in [-0.1, -0.05) is 0 Å². The lowest BCUT2D eigenvalue weighted by molar-refractivity contribution is -0.0277. The molecule has 1 aromatic carbocycles. The molecule has 1 saturated heterocycles. The molecule has 1 fully saturated rings. The number of nitrogens with one attached hydrogen (secondary N) is 2. The smallest absolute Gasteiger partial charge is 0.259 e. The molecule has 7 heteroatoms. The highest BCUT2D eigenvalue weighted by molar-refractivity contribution is 5.95. The molecule has 0 aliphatic carbocycles. The summed E-state index contributed by atoms with van der Waals surface area (Å²) in [4.78, 5) is 27.1. The van der Waals surface area contributed by atoms with Gasteiger partial charge in [0.2, 0.25) is 0 Å². The third kappa shape index (κ3) is 4.39. The number of benzene rings is 1. The molecule has 0 atom stereocenters. The second-order valence-electron chi connectivity index (χ2n) is 9.47. The minimum absolute atomic E-state index is 0.170. The van der Waals surface area contributed by atoms with Gasteiger partial charge < -0.3 is 19.9 Å². The number of H-pyrrole nitrogens is 1. The molecule has 34 heavy (non-hydrogen) atoms. The van der Waals surface area contributed by atoms with Gasteiger partial charge in [0.25, 0.3) is 5.56 Å². The Labute approximate surface area is 198 Å². The van der Waals surface area contributed by atoms with E-state index in [1.54, 1.807) is 6.20 Å². The van der Waals surface area contributed by atoms with Gasteiger partial charge in [0.1, 0.15) is 5.82 Å². The quantitative estimate of drug-likeness (QED) is 0.453. The first kappa shape index (κ1) is 22.1. The maximum atomic E-state index is 12.7. The van der Waals surface area contributed by atoms with E-state index >= 15 is 0 Å². The van der Waals surface area contributed by atoms with Crippen LogP contribution in [0.4, 0.5) is 17.2 Å². The number of aromatic nitrogens is 3. The third-order valence-electron chi connectivity index (χ3n) is 6.19. The number of rotatable bonds is 4. The zero-order chi connectivity index (χ0) is 23.9. The number of morpholine rings is 1. The van der Waals surface area contributed by atoms with Crippen molar-refractivity contribution in [3.8, 4) is 11.3 Å². The first-order chi connectivity index (χ1) is 16.3. The van der Waals surface area contributed by atoms with Crippen LogP contribution in [0.2, 0.25) is 0 Å². The molecule has 1 aliphatic heterocycles. The monoisotopic (exact) mass is 455 g/mol. The van der Waals surface area contributed by atoms with Gasteiger partial charge in [-0.3, -0.25) is 9.78 Å². The Kier molecular flexibility index (Phi) is 5.57. The number of pyridine rings is 3. The van der Waals surface area contributed by atoms with E-state index in [1.165, 1.54) is 5.69 Å². The van der Waals surface area contributed by atoms with Gasteiger partial charge in [-0.25, -0.2) is 4.98 Å². The first-order valence-corrected chi connectivity index (χ1v) is 11.5. The Balaban J connectivity index is 1.52. The molecule has 7 nitrogen and oxygen atoms in total. The molecule has 4 aromatic rings. The zero-order valence-electron chi connectivity index (χ0n) is 20.0. The van der Waals surface area contributed by atoms with Gasteiger partial charge in [-0.05, 0) is 81.1 Å². The van der Waals surface area contributed by atoms with E-state index in [1.807, 2.05) is 43.5 Å². The lowest BCUT2D eigenvalue weighted by Gasteiger charge is -2.40. The van der Waals surface area contributed by atoms with E-state index < -0.39 is 0 Å². The van der Waals surface area contributed by atoms with Crippen LogP contribution in [-0.4, -0.2) is 40.2 Å². The molecular formula is C27H29N5O2. The minimum Gasteiger partial charge on any atom is -0.372 e. The van der Waals surface area contributed by atoms with Crippen LogP contribution in [0.3, 0.4) is 0 Å². The van der Waals surface area contributed by atoms with Crippen LogP contribution < -0.4 is 15.8 Å². The van der Waals surface area contributed by atoms with Crippen molar-refractivity contribution in [1.82, 2.24) is 15.0 Å². The minimum atomic E-state index is -0.176. The third-order valence-corrected chi connectivity index (χ3v) is 6.19. The molecule has 0 unspecified atom stereocenters. The van der Waals surface area contributed by atoms with Gasteiger partial charge in [-0.2, -0.15) is 0 Å². The summed E-state index contributed by atoms with van der Waals surface area (Å²) in [6.07, 6.45) is 3.47. The van der Waals surface area contributed by atoms with Crippen molar-refractivity contribution in [2.45, 2.75) is 33.3 Å². The highest BCUT2D eigenvalue weighted by atomic mass is 16.5. The second-order valence-corrected chi connectivity index (χ2v) is 9.47. The van der Waals surface area contributed by atoms with Crippen molar-refractivity contribution in [1.29, 1.82) is 0 Å². The number of fused-ring (bicyclic) bond motifs is 1. The van der Waals surface area contributed by atoms with Crippen LogP contribution in [0.5, 0.6) is 0 Å². The molecule has 0 bridgehead atoms. The highest BCUT2D eigenvalue weighted by Crippen LogP contribution is 2.31. The van der Waals surface area contributed by atoms with E-state index in [0.717, 1.165) is 46.7 Å². The topological polar surface area (TPSA) is 83.1 Å². The fourth-order valence-corrected chi connectivity index (χ4v) is 4.52. The fraction of sp³-hybridized carbons (Fsp3) is 0.296. The molecule has 3 aromatic heterocycles. The summed E-state index contributed by atoms with van der Waals surface area (Å²) in [6.45, 7) is 10.7. The van der Waals surface area contributed by atoms with E-state index in [0.29, 0.717) is 17.8 Å². The Morgan fingerprint density at radius 1 is 1.12 bits per heavy atom. The maximum Gasteiger partial charge on any atom is 0.259 e. The van der Waals surface area contributed by atoms with Gasteiger partial charge in [0, 0.05) is 48.1 Å². The van der Waals surface area contributed by atoms with Gasteiger partial charge in [0.15, 0.2) is 0 Å². The molecule has 0 radical (unpaired) electrons. The number of ether oxygens (including phenoxy) is 1. The largest absolute Gasteiger partial charge is 0.372 e. The molecule has 0 spiro atoms. The number of aromatic amines is 1. The zero-order valence-corrected chi connectivity index (χ0v) is 20.0. The second kappa shape index (κ2) is 8.57. The van der Waals surface area contributed by atoms with E-state index in [-0.39, 0.29) is 11.2 Å². The number of anilines is 3. The molecule has 2 N–H and O–H groups in total. The van der Waals surface area contributed by atoms with E-state index in [4.69, 9.17) is 9.72 Å². The maximum absolute atomic E-state index is 12.7. The van der Waals surface area contributed by atoms with Crippen LogP contribution in [0, 0.1) is 13.8 Å². The number of aryl methyl sites for hydroxylation is 2. The van der Waals surface area contributed by atoms with Crippen molar-refractivity contribution < 1.29 is 4.74 Å². The van der Waals surface area contributed by atoms with Crippen LogP contribution in [0.1, 0.15) is 25.1 Å². The van der Waals surface area contributed by atoms with Crippen molar-refractivity contribution in [2.75, 3.05) is 29.9 Å². The fourth-order valence-electron chi connectivity index (χ4n) is 4.52. The molecule has 0 amide bonds. The van der Waals surface area contributed by atoms with Crippen LogP contribution >= 0.6 is 0 Å². The van der Waals surface area contributed by atoms with Gasteiger partial charge in [-0.15, -0.1) is 0 Å². The summed E-state index contributed by atoms with van der Waals surface area (Å²) in [6, 6.07) is 14.0. The van der Waals surface area contributed by atoms with E-state index in [2.05, 4.69) is 53.1 Å². The normalized spacial score (nSPS) is 15.5. The summed E-state index contributed by atoms with van der Waals surface area (Å²) in [5.41, 5.74) is 5.48. The summed E-state index contributed by atoms with van der Waals surface area (Å²) < 4.78 is 5.87. The Bertz CT molecular complexity index is 1410. The van der Waals surface area contributed by atoms with Gasteiger partial charge in [0.05, 0.1) is 23.3 Å². The number of hydrogen-bond donors (Lipinski definition) is 2. The number of nitrogens with zero attached hydrogens (tertiary/aromatic N) is 3. The SMILES string of the molecule is Cc1ccc(-c2cc3cc[nH]c(=O)c3c(Nc3ccc(N4CCOC(C)(C)C4)c(C)c3)n2)cn1. The summed E-state index contributed by atoms with van der Waals surface area (Å²) in [5, 5.41) is 4.75. The van der Waals surface area contributed by atoms with Crippen molar-refractivity contribution in [2.24, 2.45) is 0 Å². The Morgan fingerprint density at radius 2 is 1.97 bits per heavy atom. The summed E-state index contributed by atoms with van der Waals surface area (Å²) >= 11 is 0. The predicted octanol–water partition coefficient (Wildman–Crippen LogP) is 4.96. The lowest BCUT2D eigenvalue weighted by Crippen LogP contribution is -2.48. The molecule has 4 heterocycles. The van der Waals surface area contributed by atoms with E-state index in [9.17, 15) is 4.79 Å². The average Bonchev–Trinajstić information content (AvgIpc) is 2.79. The molecule has 174 valence electrons. The average molecular weight is 456 g/mol. The lowest BCUT2D eigenvalue weighted by atomic mass is 10.0. The number of hydrogen-bond acceptors (Lipinski definition) is 6. The molecule has 0 saturated carbocycles. The standard InChI is InChI=1S/C27H29N5O2/c1-17-13-21(7-8-23(17)32-11-12-34-27(3,4)16-32)30-25-24-19(9-10-28-26(24)33)14-22(31-25)20-6-5-18(2)29-15-20/h5-10,13-15H,11-12,16H2,1-4H3,(H,28,33)(H,30,31). The molecule has 5 rings (SSSR count). The van der Waals surface area contributed by atoms with Gasteiger partial charge >= 0.3 is 0 Å². The highest BCUT2D eigenvalue weighted by Gasteiger charge is 2.28. The van der Waals surface area contributed by atoms with Crippen LogP contribution in [0.15, 0.2) is 59.7 Å².